The van der Waals surface area contributed by atoms with Crippen molar-refractivity contribution in [1.29, 1.82) is 0 Å². The Morgan fingerprint density at radius 3 is 2.53 bits per heavy atom. The molecule has 1 rings (SSSR count). The third-order valence-electron chi connectivity index (χ3n) is 2.69. The van der Waals surface area contributed by atoms with Gasteiger partial charge in [-0.15, -0.1) is 0 Å². The van der Waals surface area contributed by atoms with Crippen molar-refractivity contribution < 1.29 is 18.6 Å². The summed E-state index contributed by atoms with van der Waals surface area (Å²) < 4.78 is 22.8. The average Bonchev–Trinajstić information content (AvgIpc) is 2.28. The van der Waals surface area contributed by atoms with Crippen LogP contribution < -0.4 is 0 Å². The molecular weight excluding hydrogens is 240 g/mol. The molecule has 0 radical (unpaired) electrons. The van der Waals surface area contributed by atoms with Gasteiger partial charge in [-0.2, -0.15) is 0 Å². The number of hydrogen-bond acceptors (Lipinski definition) is 4. The molecule has 0 amide bonds. The minimum atomic E-state index is -3.20. The van der Waals surface area contributed by atoms with E-state index in [-0.39, 0.29) is 17.4 Å². The molecule has 0 aliphatic heterocycles. The summed E-state index contributed by atoms with van der Waals surface area (Å²) in [5, 5.41) is 18.1. The first-order valence-corrected chi connectivity index (χ1v) is 7.32. The van der Waals surface area contributed by atoms with Crippen LogP contribution in [0.5, 0.6) is 0 Å². The molecule has 2 N–H and O–H groups in total. The van der Waals surface area contributed by atoms with Gasteiger partial charge in [0.15, 0.2) is 9.84 Å². The zero-order chi connectivity index (χ0) is 13.1. The third-order valence-corrected chi connectivity index (χ3v) is 3.80. The molecule has 2 unspecified atom stereocenters. The van der Waals surface area contributed by atoms with Crippen LogP contribution in [0, 0.1) is 0 Å². The van der Waals surface area contributed by atoms with Crippen molar-refractivity contribution in [2.75, 3.05) is 12.9 Å². The maximum atomic E-state index is 11.4. The predicted molar refractivity (Wildman–Crippen MR) is 65.7 cm³/mol. The molecule has 0 heterocycles. The number of sulfone groups is 1. The van der Waals surface area contributed by atoms with Crippen molar-refractivity contribution in [1.82, 2.24) is 0 Å². The fourth-order valence-electron chi connectivity index (χ4n) is 1.67. The van der Waals surface area contributed by atoms with E-state index in [0.29, 0.717) is 6.42 Å². The summed E-state index contributed by atoms with van der Waals surface area (Å²) >= 11 is 0. The first-order valence-electron chi connectivity index (χ1n) is 5.43. The highest BCUT2D eigenvalue weighted by atomic mass is 32.2. The summed E-state index contributed by atoms with van der Waals surface area (Å²) in [6, 6.07) is 6.68. The van der Waals surface area contributed by atoms with Gasteiger partial charge in [-0.3, -0.25) is 0 Å². The predicted octanol–water partition coefficient (Wildman–Crippen LogP) is 0.937. The van der Waals surface area contributed by atoms with Gasteiger partial charge in [-0.05, 0) is 30.0 Å². The van der Waals surface area contributed by atoms with E-state index in [1.165, 1.54) is 6.26 Å². The highest BCUT2D eigenvalue weighted by Crippen LogP contribution is 2.23. The Bertz CT molecular complexity index is 467. The summed E-state index contributed by atoms with van der Waals surface area (Å²) in [6.07, 6.45) is 0.801. The van der Waals surface area contributed by atoms with Gasteiger partial charge in [0, 0.05) is 6.26 Å². The molecule has 1 aromatic carbocycles. The molecule has 0 saturated carbocycles. The average molecular weight is 258 g/mol. The lowest BCUT2D eigenvalue weighted by Gasteiger charge is -2.15. The fourth-order valence-corrected chi connectivity index (χ4v) is 2.35. The van der Waals surface area contributed by atoms with Crippen molar-refractivity contribution in [3.05, 3.63) is 29.8 Å². The van der Waals surface area contributed by atoms with Crippen LogP contribution in [0.2, 0.25) is 0 Å². The van der Waals surface area contributed by atoms with Crippen LogP contribution in [0.3, 0.4) is 0 Å². The number of rotatable bonds is 5. The highest BCUT2D eigenvalue weighted by molar-refractivity contribution is 7.90. The van der Waals surface area contributed by atoms with Crippen molar-refractivity contribution >= 4 is 9.84 Å². The maximum Gasteiger partial charge on any atom is 0.175 e. The van der Waals surface area contributed by atoms with Crippen LogP contribution in [0.25, 0.3) is 0 Å². The van der Waals surface area contributed by atoms with E-state index in [1.807, 2.05) is 13.0 Å². The minimum Gasteiger partial charge on any atom is -0.394 e. The quantitative estimate of drug-likeness (QED) is 0.824. The third kappa shape index (κ3) is 4.11. The monoisotopic (exact) mass is 258 g/mol. The Morgan fingerprint density at radius 1 is 1.35 bits per heavy atom. The molecule has 2 atom stereocenters. The van der Waals surface area contributed by atoms with Gasteiger partial charge in [0.05, 0.1) is 17.6 Å². The zero-order valence-electron chi connectivity index (χ0n) is 10.00. The molecule has 0 saturated heterocycles. The van der Waals surface area contributed by atoms with Gasteiger partial charge >= 0.3 is 0 Å². The van der Waals surface area contributed by atoms with Crippen molar-refractivity contribution in [3.8, 4) is 0 Å². The lowest BCUT2D eigenvalue weighted by molar-refractivity contribution is 0.0835. The van der Waals surface area contributed by atoms with Crippen LogP contribution in [-0.4, -0.2) is 37.6 Å². The molecule has 0 spiro atoms. The van der Waals surface area contributed by atoms with Crippen molar-refractivity contribution in [2.45, 2.75) is 30.3 Å². The van der Waals surface area contributed by atoms with Crippen LogP contribution in [0.1, 0.15) is 24.8 Å². The topological polar surface area (TPSA) is 74.6 Å². The fraction of sp³-hybridized carbons (Fsp3) is 0.500. The van der Waals surface area contributed by atoms with Crippen LogP contribution in [0.4, 0.5) is 0 Å². The molecule has 4 nitrogen and oxygen atoms in total. The van der Waals surface area contributed by atoms with Crippen LogP contribution in [-0.2, 0) is 9.84 Å². The molecule has 17 heavy (non-hydrogen) atoms. The minimum absolute atomic E-state index is 0.00106. The van der Waals surface area contributed by atoms with Crippen molar-refractivity contribution in [3.63, 3.8) is 0 Å². The second-order valence-corrected chi connectivity index (χ2v) is 6.33. The number of aliphatic hydroxyl groups excluding tert-OH is 2. The molecule has 0 aliphatic carbocycles. The van der Waals surface area contributed by atoms with Gasteiger partial charge in [0.1, 0.15) is 0 Å². The SMILES string of the molecule is CC(CC(O)CO)c1cccc(S(C)(=O)=O)c1. The lowest BCUT2D eigenvalue weighted by Crippen LogP contribution is -2.15. The molecule has 1 aromatic rings. The Kier molecular flexibility index (Phi) is 4.68. The van der Waals surface area contributed by atoms with Gasteiger partial charge in [0.25, 0.3) is 0 Å². The van der Waals surface area contributed by atoms with E-state index in [0.717, 1.165) is 5.56 Å². The Labute approximate surface area is 102 Å². The Balaban J connectivity index is 2.92. The molecule has 5 heteroatoms. The van der Waals surface area contributed by atoms with E-state index in [4.69, 9.17) is 5.11 Å². The summed E-state index contributed by atoms with van der Waals surface area (Å²) in [5.74, 6) is -0.00106. The molecule has 0 bridgehead atoms. The Morgan fingerprint density at radius 2 is 2.00 bits per heavy atom. The smallest absolute Gasteiger partial charge is 0.175 e. The largest absolute Gasteiger partial charge is 0.394 e. The maximum absolute atomic E-state index is 11.4. The lowest BCUT2D eigenvalue weighted by atomic mass is 9.95. The molecule has 96 valence electrons. The van der Waals surface area contributed by atoms with E-state index in [1.54, 1.807) is 18.2 Å². The molecule has 0 fully saturated rings. The normalized spacial score (nSPS) is 15.5. The summed E-state index contributed by atoms with van der Waals surface area (Å²) in [4.78, 5) is 0.278. The van der Waals surface area contributed by atoms with Gasteiger partial charge < -0.3 is 10.2 Å². The van der Waals surface area contributed by atoms with Crippen molar-refractivity contribution in [2.24, 2.45) is 0 Å². The van der Waals surface area contributed by atoms with E-state index in [9.17, 15) is 13.5 Å². The molecule has 0 aliphatic rings. The number of aliphatic hydroxyl groups is 2. The van der Waals surface area contributed by atoms with Crippen LogP contribution in [0.15, 0.2) is 29.2 Å². The summed E-state index contributed by atoms with van der Waals surface area (Å²) in [5.41, 5.74) is 0.848. The van der Waals surface area contributed by atoms with E-state index >= 15 is 0 Å². The Hall–Kier alpha value is -0.910. The van der Waals surface area contributed by atoms with E-state index in [2.05, 4.69) is 0 Å². The number of benzene rings is 1. The summed E-state index contributed by atoms with van der Waals surface area (Å²) in [6.45, 7) is 1.61. The van der Waals surface area contributed by atoms with Gasteiger partial charge in [-0.1, -0.05) is 19.1 Å². The van der Waals surface area contributed by atoms with E-state index < -0.39 is 15.9 Å². The number of hydrogen-bond donors (Lipinski definition) is 2. The zero-order valence-corrected chi connectivity index (χ0v) is 10.8. The first kappa shape index (κ1) is 14.2. The second kappa shape index (κ2) is 5.62. The van der Waals surface area contributed by atoms with Gasteiger partial charge in [-0.25, -0.2) is 8.42 Å². The molecular formula is C12H18O4S. The second-order valence-electron chi connectivity index (χ2n) is 4.32. The van der Waals surface area contributed by atoms with Crippen LogP contribution >= 0.6 is 0 Å². The first-order chi connectivity index (χ1) is 7.84. The highest BCUT2D eigenvalue weighted by Gasteiger charge is 2.14. The standard InChI is InChI=1S/C12H18O4S/c1-9(6-11(14)8-13)10-4-3-5-12(7-10)17(2,15)16/h3-5,7,9,11,13-14H,6,8H2,1-2H3. The summed E-state index contributed by atoms with van der Waals surface area (Å²) in [7, 11) is -3.20. The van der Waals surface area contributed by atoms with Gasteiger partial charge in [0.2, 0.25) is 0 Å². The molecule has 0 aromatic heterocycles.